The van der Waals surface area contributed by atoms with Crippen LogP contribution in [0, 0.1) is 6.92 Å². The van der Waals surface area contributed by atoms with Gasteiger partial charge in [-0.25, -0.2) is 14.4 Å². The topological polar surface area (TPSA) is 111 Å². The molecular weight excluding hydrogens is 632 g/mol. The van der Waals surface area contributed by atoms with Crippen LogP contribution in [0.2, 0.25) is 0 Å². The van der Waals surface area contributed by atoms with Gasteiger partial charge in [0, 0.05) is 29.8 Å². The molecule has 4 aromatic rings. The number of ether oxygens (including phenoxy) is 3. The van der Waals surface area contributed by atoms with Crippen LogP contribution in [-0.4, -0.2) is 36.8 Å². The summed E-state index contributed by atoms with van der Waals surface area (Å²) >= 11 is 0. The summed E-state index contributed by atoms with van der Waals surface area (Å²) in [5.74, 6) is -0.405. The number of aryl methyl sites for hydroxylation is 1. The molecule has 0 aliphatic heterocycles. The monoisotopic (exact) mass is 679 g/mol. The van der Waals surface area contributed by atoms with Crippen molar-refractivity contribution >= 4 is 18.2 Å². The third kappa shape index (κ3) is 16.0. The number of carbonyl (C=O) groups is 3. The number of aromatic nitrogens is 2. The Bertz CT molecular complexity index is 1520. The number of carbonyl (C=O) groups excluding carboxylic acids is 3. The van der Waals surface area contributed by atoms with Crippen molar-refractivity contribution < 1.29 is 50.1 Å². The fraction of sp³-hybridized carbons (Fsp3) is 0.324. The second-order valence-corrected chi connectivity index (χ2v) is 10.8. The molecule has 0 aliphatic carbocycles. The predicted octanol–water partition coefficient (Wildman–Crippen LogP) is 2.70. The van der Waals surface area contributed by atoms with E-state index in [0.29, 0.717) is 12.2 Å². The third-order valence-electron chi connectivity index (χ3n) is 6.56. The van der Waals surface area contributed by atoms with E-state index in [1.165, 1.54) is 5.56 Å². The van der Waals surface area contributed by atoms with Crippen molar-refractivity contribution in [1.29, 1.82) is 0 Å². The molecule has 4 rings (SSSR count). The van der Waals surface area contributed by atoms with Crippen LogP contribution in [0.15, 0.2) is 110 Å². The number of amides is 2. The molecule has 2 aromatic carbocycles. The first-order chi connectivity index (χ1) is 22.2. The van der Waals surface area contributed by atoms with Crippen molar-refractivity contribution in [3.8, 4) is 0 Å². The Kier molecular flexibility index (Phi) is 19.3. The highest BCUT2D eigenvalue weighted by molar-refractivity contribution is 5.88. The lowest BCUT2D eigenvalue weighted by Gasteiger charge is -2.13. The second-order valence-electron chi connectivity index (χ2n) is 10.8. The standard InChI is InChI=1S/C19H22N2O4.C17H20N2O2.CH4.ClH/c1-3-24-18(22)17-10-7-11-21(13-17)14-25-19(23)20-15(2)12-16-8-5-4-6-9-16;1-14-7-6-10-19(12-14)13-21-17(20)18-15(2)11-16-8-4-3-5-9-16;;/h4-11,13,15H,3,12,14H2,1-2H3;3-10,12,15H,11,13H2,1-2H3;1H4;1H/p+1/t2*15-;;/m00../s1. The molecule has 2 N–H and O–H groups in total. The van der Waals surface area contributed by atoms with Crippen LogP contribution in [0.4, 0.5) is 9.59 Å². The first-order valence-corrected chi connectivity index (χ1v) is 15.3. The molecule has 0 unspecified atom stereocenters. The molecule has 2 heterocycles. The van der Waals surface area contributed by atoms with Crippen LogP contribution < -0.4 is 32.2 Å². The number of nitrogens with one attached hydrogen (secondary N) is 2. The Labute approximate surface area is 290 Å². The van der Waals surface area contributed by atoms with Gasteiger partial charge in [-0.3, -0.25) is 0 Å². The summed E-state index contributed by atoms with van der Waals surface area (Å²) in [5, 5.41) is 5.63. The second kappa shape index (κ2) is 22.5. The lowest BCUT2D eigenvalue weighted by Crippen LogP contribution is -3.00. The third-order valence-corrected chi connectivity index (χ3v) is 6.56. The van der Waals surface area contributed by atoms with E-state index >= 15 is 0 Å². The average molecular weight is 680 g/mol. The Morgan fingerprint density at radius 2 is 1.12 bits per heavy atom. The van der Waals surface area contributed by atoms with Crippen molar-refractivity contribution in [2.24, 2.45) is 0 Å². The van der Waals surface area contributed by atoms with E-state index in [2.05, 4.69) is 10.6 Å². The minimum Gasteiger partial charge on any atom is -1.00 e. The number of pyridine rings is 2. The number of alkyl carbamates (subject to hydrolysis) is 2. The highest BCUT2D eigenvalue weighted by atomic mass is 35.5. The number of hydrogen-bond donors (Lipinski definition) is 2. The van der Waals surface area contributed by atoms with Gasteiger partial charge in [0.1, 0.15) is 5.56 Å². The van der Waals surface area contributed by atoms with Crippen molar-refractivity contribution in [2.75, 3.05) is 6.61 Å². The molecule has 0 saturated heterocycles. The normalized spacial score (nSPS) is 11.1. The summed E-state index contributed by atoms with van der Waals surface area (Å²) in [6.45, 7) is 8.17. The first-order valence-electron chi connectivity index (χ1n) is 15.3. The molecule has 2 amide bonds. The fourth-order valence-corrected chi connectivity index (χ4v) is 4.46. The first kappa shape index (κ1) is 41.1. The molecule has 48 heavy (non-hydrogen) atoms. The number of hydrogen-bond acceptors (Lipinski definition) is 6. The van der Waals surface area contributed by atoms with Crippen LogP contribution in [0.25, 0.3) is 0 Å². The zero-order chi connectivity index (χ0) is 33.1. The Morgan fingerprint density at radius 3 is 1.58 bits per heavy atom. The summed E-state index contributed by atoms with van der Waals surface area (Å²) < 4.78 is 18.8. The largest absolute Gasteiger partial charge is 1.00 e. The van der Waals surface area contributed by atoms with Crippen LogP contribution in [-0.2, 0) is 40.5 Å². The Morgan fingerprint density at radius 1 is 0.667 bits per heavy atom. The van der Waals surface area contributed by atoms with Crippen LogP contribution in [0.3, 0.4) is 0 Å². The summed E-state index contributed by atoms with van der Waals surface area (Å²) in [7, 11) is 0. The van der Waals surface area contributed by atoms with Crippen molar-refractivity contribution in [3.63, 3.8) is 0 Å². The van der Waals surface area contributed by atoms with Crippen LogP contribution >= 0.6 is 0 Å². The predicted molar refractivity (Wildman–Crippen MR) is 179 cm³/mol. The lowest BCUT2D eigenvalue weighted by atomic mass is 10.1. The highest BCUT2D eigenvalue weighted by Gasteiger charge is 2.15. The van der Waals surface area contributed by atoms with E-state index < -0.39 is 18.2 Å². The SMILES string of the molecule is C.CCOC(=O)c1ccc[n+](COC(=O)N[C@@H](C)Cc2ccccc2)c1.Cc1ccc[n+](COC(=O)N[C@@H](C)Cc2ccccc2)c1.[Cl-]. The molecule has 0 radical (unpaired) electrons. The van der Waals surface area contributed by atoms with Gasteiger partial charge >= 0.3 is 18.2 Å². The maximum Gasteiger partial charge on any atom is 0.412 e. The molecule has 11 heteroatoms. The minimum atomic E-state index is -0.502. The van der Waals surface area contributed by atoms with Crippen molar-refractivity contribution in [2.45, 2.75) is 73.5 Å². The molecule has 2 aromatic heterocycles. The number of benzene rings is 2. The lowest BCUT2D eigenvalue weighted by molar-refractivity contribution is -0.727. The van der Waals surface area contributed by atoms with Gasteiger partial charge in [-0.1, -0.05) is 68.1 Å². The number of halogens is 1. The smallest absolute Gasteiger partial charge is 0.412 e. The van der Waals surface area contributed by atoms with Crippen LogP contribution in [0.1, 0.15) is 55.2 Å². The minimum absolute atomic E-state index is 0. The van der Waals surface area contributed by atoms with E-state index in [1.807, 2.05) is 111 Å². The van der Waals surface area contributed by atoms with Gasteiger partial charge in [-0.05, 0) is 63.8 Å². The molecule has 0 bridgehead atoms. The van der Waals surface area contributed by atoms with E-state index in [4.69, 9.17) is 14.2 Å². The highest BCUT2D eigenvalue weighted by Crippen LogP contribution is 2.04. The maximum absolute atomic E-state index is 11.9. The Hall–Kier alpha value is -4.96. The van der Waals surface area contributed by atoms with Gasteiger partial charge < -0.3 is 37.3 Å². The average Bonchev–Trinajstić information content (AvgIpc) is 3.04. The number of nitrogens with zero attached hydrogens (tertiary/aromatic N) is 2. The van der Waals surface area contributed by atoms with Gasteiger partial charge in [0.05, 0.1) is 6.61 Å². The van der Waals surface area contributed by atoms with Crippen molar-refractivity contribution in [1.82, 2.24) is 10.6 Å². The molecule has 10 nitrogen and oxygen atoms in total. The van der Waals surface area contributed by atoms with Gasteiger partial charge in [0.2, 0.25) is 0 Å². The van der Waals surface area contributed by atoms with Gasteiger partial charge in [0.15, 0.2) is 24.8 Å². The summed E-state index contributed by atoms with van der Waals surface area (Å²) in [6.07, 6.45) is 7.70. The summed E-state index contributed by atoms with van der Waals surface area (Å²) in [4.78, 5) is 35.4. The van der Waals surface area contributed by atoms with Gasteiger partial charge in [0.25, 0.3) is 13.5 Å². The van der Waals surface area contributed by atoms with Gasteiger partial charge in [-0.2, -0.15) is 9.13 Å². The molecule has 0 saturated carbocycles. The zero-order valence-electron chi connectivity index (χ0n) is 27.3. The molecule has 2 atom stereocenters. The molecule has 0 spiro atoms. The quantitative estimate of drug-likeness (QED) is 0.135. The zero-order valence-corrected chi connectivity index (χ0v) is 28.1. The maximum atomic E-state index is 11.9. The Balaban J connectivity index is 0.000000467. The molecular formula is C37H48ClN4O6+. The number of esters is 1. The molecule has 0 fully saturated rings. The summed E-state index contributed by atoms with van der Waals surface area (Å²) in [5.41, 5.74) is 3.87. The van der Waals surface area contributed by atoms with E-state index in [0.717, 1.165) is 24.0 Å². The summed E-state index contributed by atoms with van der Waals surface area (Å²) in [6, 6.07) is 27.2. The van der Waals surface area contributed by atoms with E-state index in [1.54, 1.807) is 36.0 Å². The van der Waals surface area contributed by atoms with Gasteiger partial charge in [-0.15, -0.1) is 0 Å². The van der Waals surface area contributed by atoms with Crippen LogP contribution in [0.5, 0.6) is 0 Å². The molecule has 258 valence electrons. The molecule has 0 aliphatic rings. The number of rotatable bonds is 12. The van der Waals surface area contributed by atoms with E-state index in [-0.39, 0.29) is 45.4 Å². The van der Waals surface area contributed by atoms with E-state index in [9.17, 15) is 14.4 Å². The van der Waals surface area contributed by atoms with Crippen molar-refractivity contribution in [3.05, 3.63) is 132 Å². The fourth-order valence-electron chi connectivity index (χ4n) is 4.46.